The Balaban J connectivity index is 1.82. The minimum absolute atomic E-state index is 0.130. The quantitative estimate of drug-likeness (QED) is 0.799. The van der Waals surface area contributed by atoms with E-state index in [4.69, 9.17) is 4.74 Å². The van der Waals surface area contributed by atoms with E-state index in [1.807, 2.05) is 0 Å². The zero-order valence-electron chi connectivity index (χ0n) is 9.35. The number of carbonyl (C=O) groups is 2. The summed E-state index contributed by atoms with van der Waals surface area (Å²) < 4.78 is 5.22. The summed E-state index contributed by atoms with van der Waals surface area (Å²) in [5.74, 6) is -0.130. The maximum Gasteiger partial charge on any atom is 0.262 e. The maximum absolute atomic E-state index is 11.7. The second-order valence-corrected chi connectivity index (χ2v) is 4.83. The van der Waals surface area contributed by atoms with E-state index >= 15 is 0 Å². The third kappa shape index (κ3) is 3.36. The number of morpholine rings is 1. The summed E-state index contributed by atoms with van der Waals surface area (Å²) >= 11 is 1.20. The molecule has 6 heteroatoms. The normalized spacial score (nSPS) is 16.7. The van der Waals surface area contributed by atoms with Crippen LogP contribution >= 0.6 is 11.3 Å². The van der Waals surface area contributed by atoms with E-state index in [2.05, 4.69) is 10.2 Å². The average Bonchev–Trinajstić information content (AvgIpc) is 2.86. The van der Waals surface area contributed by atoms with Gasteiger partial charge in [-0.1, -0.05) is 0 Å². The fourth-order valence-electron chi connectivity index (χ4n) is 1.57. The second-order valence-electron chi connectivity index (χ2n) is 3.71. The summed E-state index contributed by atoms with van der Waals surface area (Å²) in [5, 5.41) is 2.83. The fourth-order valence-corrected chi connectivity index (χ4v) is 2.31. The predicted octanol–water partition coefficient (Wildman–Crippen LogP) is 0.580. The van der Waals surface area contributed by atoms with Crippen LogP contribution in [0.25, 0.3) is 0 Å². The first-order valence-corrected chi connectivity index (χ1v) is 6.24. The van der Waals surface area contributed by atoms with Crippen molar-refractivity contribution in [1.82, 2.24) is 10.2 Å². The van der Waals surface area contributed by atoms with E-state index < -0.39 is 0 Å². The van der Waals surface area contributed by atoms with Crippen LogP contribution in [0.2, 0.25) is 0 Å². The molecule has 0 aromatic carbocycles. The van der Waals surface area contributed by atoms with Crippen LogP contribution in [-0.4, -0.2) is 50.1 Å². The van der Waals surface area contributed by atoms with Gasteiger partial charge in [0.05, 0.1) is 29.6 Å². The van der Waals surface area contributed by atoms with Gasteiger partial charge >= 0.3 is 0 Å². The molecule has 1 aromatic heterocycles. The smallest absolute Gasteiger partial charge is 0.262 e. The standard InChI is InChI=1S/C11H14N2O3S/c14-7-9-1-2-10(17-9)11(15)12-8-13-3-5-16-6-4-13/h1-2,7H,3-6,8H2,(H,12,15). The molecule has 1 saturated heterocycles. The molecule has 1 aliphatic heterocycles. The highest BCUT2D eigenvalue weighted by atomic mass is 32.1. The van der Waals surface area contributed by atoms with Crippen molar-refractivity contribution in [2.24, 2.45) is 0 Å². The van der Waals surface area contributed by atoms with Crippen molar-refractivity contribution >= 4 is 23.5 Å². The van der Waals surface area contributed by atoms with Gasteiger partial charge in [0.1, 0.15) is 0 Å². The van der Waals surface area contributed by atoms with Crippen LogP contribution < -0.4 is 5.32 Å². The topological polar surface area (TPSA) is 58.6 Å². The van der Waals surface area contributed by atoms with Crippen LogP contribution in [0.5, 0.6) is 0 Å². The Morgan fingerprint density at radius 3 is 2.88 bits per heavy atom. The molecule has 5 nitrogen and oxygen atoms in total. The highest BCUT2D eigenvalue weighted by molar-refractivity contribution is 7.15. The summed E-state index contributed by atoms with van der Waals surface area (Å²) in [6.45, 7) is 3.62. The second kappa shape index (κ2) is 5.90. The van der Waals surface area contributed by atoms with Crippen molar-refractivity contribution in [2.75, 3.05) is 33.0 Å². The molecule has 2 heterocycles. The van der Waals surface area contributed by atoms with Crippen molar-refractivity contribution in [3.05, 3.63) is 21.9 Å². The molecular formula is C11H14N2O3S. The highest BCUT2D eigenvalue weighted by Crippen LogP contribution is 2.14. The van der Waals surface area contributed by atoms with Crippen LogP contribution in [-0.2, 0) is 4.74 Å². The van der Waals surface area contributed by atoms with Crippen molar-refractivity contribution in [1.29, 1.82) is 0 Å². The minimum Gasteiger partial charge on any atom is -0.379 e. The van der Waals surface area contributed by atoms with E-state index in [1.54, 1.807) is 12.1 Å². The number of ether oxygens (including phenoxy) is 1. The average molecular weight is 254 g/mol. The number of amides is 1. The first-order chi connectivity index (χ1) is 8.29. The molecule has 0 unspecified atom stereocenters. The van der Waals surface area contributed by atoms with E-state index in [0.29, 0.717) is 29.6 Å². The fraction of sp³-hybridized carbons (Fsp3) is 0.455. The first-order valence-electron chi connectivity index (χ1n) is 5.43. The van der Waals surface area contributed by atoms with Gasteiger partial charge in [-0.2, -0.15) is 0 Å². The van der Waals surface area contributed by atoms with E-state index in [1.165, 1.54) is 11.3 Å². The molecule has 0 aliphatic carbocycles. The molecule has 1 aromatic rings. The molecule has 1 N–H and O–H groups in total. The number of thiophene rings is 1. The van der Waals surface area contributed by atoms with Crippen LogP contribution in [0.4, 0.5) is 0 Å². The Morgan fingerprint density at radius 2 is 2.24 bits per heavy atom. The van der Waals surface area contributed by atoms with Gasteiger partial charge in [-0.25, -0.2) is 0 Å². The summed E-state index contributed by atoms with van der Waals surface area (Å²) in [6.07, 6.45) is 0.753. The van der Waals surface area contributed by atoms with Crippen molar-refractivity contribution in [2.45, 2.75) is 0 Å². The number of aldehydes is 1. The largest absolute Gasteiger partial charge is 0.379 e. The van der Waals surface area contributed by atoms with Crippen molar-refractivity contribution in [3.63, 3.8) is 0 Å². The monoisotopic (exact) mass is 254 g/mol. The van der Waals surface area contributed by atoms with Crippen LogP contribution in [0.15, 0.2) is 12.1 Å². The molecule has 0 saturated carbocycles. The predicted molar refractivity (Wildman–Crippen MR) is 64.4 cm³/mol. The summed E-state index contributed by atoms with van der Waals surface area (Å²) in [6, 6.07) is 3.32. The van der Waals surface area contributed by atoms with Gasteiger partial charge in [0.2, 0.25) is 0 Å². The number of rotatable bonds is 4. The Kier molecular flexibility index (Phi) is 4.24. The Labute approximate surface area is 103 Å². The third-order valence-electron chi connectivity index (χ3n) is 2.53. The van der Waals surface area contributed by atoms with Gasteiger partial charge in [0.25, 0.3) is 5.91 Å². The molecule has 1 aliphatic rings. The molecule has 1 fully saturated rings. The van der Waals surface area contributed by atoms with E-state index in [9.17, 15) is 9.59 Å². The van der Waals surface area contributed by atoms with Gasteiger partial charge < -0.3 is 10.1 Å². The highest BCUT2D eigenvalue weighted by Gasteiger charge is 2.13. The first kappa shape index (κ1) is 12.2. The lowest BCUT2D eigenvalue weighted by Crippen LogP contribution is -2.43. The number of carbonyl (C=O) groups excluding carboxylic acids is 2. The Hall–Kier alpha value is -1.24. The zero-order valence-corrected chi connectivity index (χ0v) is 10.2. The van der Waals surface area contributed by atoms with Gasteiger partial charge in [-0.15, -0.1) is 11.3 Å². The Bertz CT molecular complexity index is 399. The van der Waals surface area contributed by atoms with E-state index in [-0.39, 0.29) is 5.91 Å². The minimum atomic E-state index is -0.130. The van der Waals surface area contributed by atoms with Gasteiger partial charge in [0.15, 0.2) is 6.29 Å². The maximum atomic E-state index is 11.7. The molecule has 17 heavy (non-hydrogen) atoms. The molecule has 1 amide bonds. The number of nitrogens with zero attached hydrogens (tertiary/aromatic N) is 1. The number of nitrogens with one attached hydrogen (secondary N) is 1. The van der Waals surface area contributed by atoms with Gasteiger partial charge in [-0.3, -0.25) is 14.5 Å². The molecular weight excluding hydrogens is 240 g/mol. The number of hydrogen-bond acceptors (Lipinski definition) is 5. The van der Waals surface area contributed by atoms with E-state index in [0.717, 1.165) is 19.4 Å². The molecule has 2 rings (SSSR count). The molecule has 0 spiro atoms. The van der Waals surface area contributed by atoms with Crippen molar-refractivity contribution in [3.8, 4) is 0 Å². The molecule has 0 atom stereocenters. The van der Waals surface area contributed by atoms with Crippen LogP contribution in [0, 0.1) is 0 Å². The molecule has 92 valence electrons. The van der Waals surface area contributed by atoms with Gasteiger partial charge in [-0.05, 0) is 12.1 Å². The lowest BCUT2D eigenvalue weighted by molar-refractivity contribution is 0.0335. The lowest BCUT2D eigenvalue weighted by atomic mass is 10.4. The summed E-state index contributed by atoms with van der Waals surface area (Å²) in [5.41, 5.74) is 0. The lowest BCUT2D eigenvalue weighted by Gasteiger charge is -2.26. The molecule has 0 bridgehead atoms. The third-order valence-corrected chi connectivity index (χ3v) is 3.54. The SMILES string of the molecule is O=Cc1ccc(C(=O)NCN2CCOCC2)s1. The van der Waals surface area contributed by atoms with Crippen LogP contribution in [0.1, 0.15) is 19.3 Å². The summed E-state index contributed by atoms with van der Waals surface area (Å²) in [4.78, 5) is 25.5. The number of hydrogen-bond donors (Lipinski definition) is 1. The summed E-state index contributed by atoms with van der Waals surface area (Å²) in [7, 11) is 0. The van der Waals surface area contributed by atoms with Gasteiger partial charge in [0, 0.05) is 13.1 Å². The Morgan fingerprint density at radius 1 is 1.47 bits per heavy atom. The van der Waals surface area contributed by atoms with Crippen molar-refractivity contribution < 1.29 is 14.3 Å². The van der Waals surface area contributed by atoms with Crippen LogP contribution in [0.3, 0.4) is 0 Å². The molecule has 0 radical (unpaired) electrons. The zero-order chi connectivity index (χ0) is 12.1.